The third-order valence-corrected chi connectivity index (χ3v) is 3.52. The van der Waals surface area contributed by atoms with Crippen LogP contribution in [-0.2, 0) is 0 Å². The molecule has 0 aromatic carbocycles. The Morgan fingerprint density at radius 3 is 2.72 bits per heavy atom. The van der Waals surface area contributed by atoms with E-state index in [2.05, 4.69) is 24.9 Å². The van der Waals surface area contributed by atoms with Crippen LogP contribution in [0.15, 0.2) is 35.3 Å². The van der Waals surface area contributed by atoms with E-state index in [0.717, 1.165) is 6.42 Å². The van der Waals surface area contributed by atoms with E-state index in [-0.39, 0.29) is 5.56 Å². The van der Waals surface area contributed by atoms with E-state index in [0.29, 0.717) is 23.8 Å². The number of nitrogens with one attached hydrogen (secondary N) is 1. The molecule has 0 spiro atoms. The minimum Gasteiger partial charge on any atom is -0.388 e. The Hall–Kier alpha value is -1.35. The number of hydrogen-bond donors (Lipinski definition) is 2. The number of aromatic nitrogens is 1. The monoisotopic (exact) mass is 249 g/mol. The van der Waals surface area contributed by atoms with Crippen molar-refractivity contribution in [3.63, 3.8) is 0 Å². The van der Waals surface area contributed by atoms with E-state index in [1.807, 2.05) is 13.0 Å². The molecule has 0 saturated carbocycles. The van der Waals surface area contributed by atoms with Crippen molar-refractivity contribution in [3.8, 4) is 0 Å². The van der Waals surface area contributed by atoms with Gasteiger partial charge in [0.1, 0.15) is 0 Å². The van der Waals surface area contributed by atoms with Crippen molar-refractivity contribution in [1.29, 1.82) is 0 Å². The van der Waals surface area contributed by atoms with E-state index in [9.17, 15) is 9.90 Å². The van der Waals surface area contributed by atoms with Gasteiger partial charge in [-0.3, -0.25) is 4.79 Å². The summed E-state index contributed by atoms with van der Waals surface area (Å²) in [6, 6.07) is 3.43. The van der Waals surface area contributed by atoms with Crippen molar-refractivity contribution in [2.24, 2.45) is 11.8 Å². The number of rotatable bonds is 6. The summed E-state index contributed by atoms with van der Waals surface area (Å²) in [6.45, 7) is 6.30. The summed E-state index contributed by atoms with van der Waals surface area (Å²) in [5.41, 5.74) is 0.265. The predicted molar refractivity (Wildman–Crippen MR) is 74.4 cm³/mol. The Kier molecular flexibility index (Phi) is 5.86. The lowest BCUT2D eigenvalue weighted by atomic mass is 9.87. The van der Waals surface area contributed by atoms with Gasteiger partial charge in [-0.15, -0.1) is 0 Å². The van der Waals surface area contributed by atoms with Gasteiger partial charge in [0, 0.05) is 11.8 Å². The first-order valence-corrected chi connectivity index (χ1v) is 6.53. The molecule has 0 bridgehead atoms. The fourth-order valence-electron chi connectivity index (χ4n) is 1.99. The molecule has 0 aliphatic rings. The van der Waals surface area contributed by atoms with Crippen LogP contribution in [0.1, 0.15) is 45.3 Å². The van der Waals surface area contributed by atoms with Crippen LogP contribution < -0.4 is 5.56 Å². The predicted octanol–water partition coefficient (Wildman–Crippen LogP) is 3.04. The van der Waals surface area contributed by atoms with Crippen LogP contribution in [0.2, 0.25) is 0 Å². The van der Waals surface area contributed by atoms with E-state index >= 15 is 0 Å². The molecule has 0 saturated heterocycles. The van der Waals surface area contributed by atoms with Crippen LogP contribution in [0.5, 0.6) is 0 Å². The number of aromatic amines is 1. The summed E-state index contributed by atoms with van der Waals surface area (Å²) >= 11 is 0. The summed E-state index contributed by atoms with van der Waals surface area (Å²) < 4.78 is 0. The molecule has 1 aromatic heterocycles. The number of hydrogen-bond acceptors (Lipinski definition) is 2. The van der Waals surface area contributed by atoms with E-state index in [1.165, 1.54) is 0 Å². The fourth-order valence-corrected chi connectivity index (χ4v) is 1.99. The smallest absolute Gasteiger partial charge is 0.253 e. The van der Waals surface area contributed by atoms with Gasteiger partial charge in [0.25, 0.3) is 5.56 Å². The maximum Gasteiger partial charge on any atom is 0.253 e. The van der Waals surface area contributed by atoms with Crippen LogP contribution in [0.25, 0.3) is 0 Å². The average molecular weight is 249 g/mol. The Morgan fingerprint density at radius 1 is 1.39 bits per heavy atom. The number of aliphatic hydroxyl groups is 1. The zero-order chi connectivity index (χ0) is 13.5. The maximum absolute atomic E-state index is 11.6. The topological polar surface area (TPSA) is 53.1 Å². The highest BCUT2D eigenvalue weighted by Crippen LogP contribution is 2.25. The average Bonchev–Trinajstić information content (AvgIpc) is 2.36. The first-order valence-electron chi connectivity index (χ1n) is 6.53. The van der Waals surface area contributed by atoms with Crippen molar-refractivity contribution in [2.75, 3.05) is 0 Å². The van der Waals surface area contributed by atoms with Gasteiger partial charge in [-0.1, -0.05) is 26.0 Å². The first kappa shape index (κ1) is 14.7. The molecule has 1 rings (SSSR count). The highest BCUT2D eigenvalue weighted by atomic mass is 16.3. The third kappa shape index (κ3) is 4.15. The zero-order valence-electron chi connectivity index (χ0n) is 11.4. The van der Waals surface area contributed by atoms with Crippen LogP contribution in [0, 0.1) is 11.8 Å². The molecule has 0 aliphatic carbocycles. The van der Waals surface area contributed by atoms with Gasteiger partial charge < -0.3 is 10.1 Å². The molecule has 100 valence electrons. The molecule has 0 aliphatic heterocycles. The normalized spacial score (nSPS) is 16.7. The SMILES string of the molecule is CC=CCC(C)C(C)CC(O)c1ccc[nH]c1=O. The van der Waals surface area contributed by atoms with Gasteiger partial charge >= 0.3 is 0 Å². The Bertz CT molecular complexity index is 436. The van der Waals surface area contributed by atoms with Gasteiger partial charge in [0.2, 0.25) is 0 Å². The highest BCUT2D eigenvalue weighted by molar-refractivity contribution is 5.12. The summed E-state index contributed by atoms with van der Waals surface area (Å²) in [6.07, 6.45) is 6.71. The molecular weight excluding hydrogens is 226 g/mol. The standard InChI is InChI=1S/C15H23NO2/c1-4-5-7-11(2)12(3)10-14(17)13-8-6-9-16-15(13)18/h4-6,8-9,11-12,14,17H,7,10H2,1-3H3,(H,16,18). The molecule has 0 amide bonds. The van der Waals surface area contributed by atoms with Gasteiger partial charge in [0.05, 0.1) is 6.10 Å². The molecule has 2 N–H and O–H groups in total. The molecule has 3 unspecified atom stereocenters. The van der Waals surface area contributed by atoms with E-state index in [4.69, 9.17) is 0 Å². The number of H-pyrrole nitrogens is 1. The highest BCUT2D eigenvalue weighted by Gasteiger charge is 2.18. The van der Waals surface area contributed by atoms with Crippen LogP contribution in [0.3, 0.4) is 0 Å². The van der Waals surface area contributed by atoms with Gasteiger partial charge in [-0.2, -0.15) is 0 Å². The summed E-state index contributed by atoms with van der Waals surface area (Å²) in [4.78, 5) is 14.1. The third-order valence-electron chi connectivity index (χ3n) is 3.52. The molecule has 3 heteroatoms. The van der Waals surface area contributed by atoms with Crippen molar-refractivity contribution < 1.29 is 5.11 Å². The lowest BCUT2D eigenvalue weighted by molar-refractivity contribution is 0.132. The Labute approximate surface area is 109 Å². The fraction of sp³-hybridized carbons (Fsp3) is 0.533. The Balaban J connectivity index is 2.62. The molecule has 3 atom stereocenters. The summed E-state index contributed by atoms with van der Waals surface area (Å²) in [7, 11) is 0. The molecule has 1 aromatic rings. The number of aliphatic hydroxyl groups excluding tert-OH is 1. The van der Waals surface area contributed by atoms with Crippen molar-refractivity contribution in [2.45, 2.75) is 39.7 Å². The van der Waals surface area contributed by atoms with Gasteiger partial charge in [-0.05, 0) is 43.7 Å². The molecule has 0 radical (unpaired) electrons. The molecular formula is C15H23NO2. The molecule has 0 fully saturated rings. The van der Waals surface area contributed by atoms with Gasteiger partial charge in [-0.25, -0.2) is 0 Å². The molecule has 1 heterocycles. The van der Waals surface area contributed by atoms with E-state index in [1.54, 1.807) is 18.3 Å². The number of allylic oxidation sites excluding steroid dienone is 2. The number of pyridine rings is 1. The van der Waals surface area contributed by atoms with E-state index < -0.39 is 6.10 Å². The van der Waals surface area contributed by atoms with Crippen molar-refractivity contribution >= 4 is 0 Å². The minimum absolute atomic E-state index is 0.196. The molecule has 3 nitrogen and oxygen atoms in total. The zero-order valence-corrected chi connectivity index (χ0v) is 11.4. The first-order chi connectivity index (χ1) is 8.56. The second kappa shape index (κ2) is 7.17. The van der Waals surface area contributed by atoms with Crippen molar-refractivity contribution in [3.05, 3.63) is 46.4 Å². The minimum atomic E-state index is -0.682. The summed E-state index contributed by atoms with van der Waals surface area (Å²) in [5.74, 6) is 0.870. The van der Waals surface area contributed by atoms with Crippen LogP contribution in [-0.4, -0.2) is 10.1 Å². The maximum atomic E-state index is 11.6. The lowest BCUT2D eigenvalue weighted by Gasteiger charge is -2.21. The largest absolute Gasteiger partial charge is 0.388 e. The summed E-state index contributed by atoms with van der Waals surface area (Å²) in [5, 5.41) is 10.1. The van der Waals surface area contributed by atoms with Crippen LogP contribution in [0.4, 0.5) is 0 Å². The Morgan fingerprint density at radius 2 is 2.11 bits per heavy atom. The molecule has 18 heavy (non-hydrogen) atoms. The quantitative estimate of drug-likeness (QED) is 0.761. The second-order valence-electron chi connectivity index (χ2n) is 4.97. The van der Waals surface area contributed by atoms with Crippen LogP contribution >= 0.6 is 0 Å². The van der Waals surface area contributed by atoms with Gasteiger partial charge in [0.15, 0.2) is 0 Å². The van der Waals surface area contributed by atoms with Crippen molar-refractivity contribution in [1.82, 2.24) is 4.98 Å². The second-order valence-corrected chi connectivity index (χ2v) is 4.97. The lowest BCUT2D eigenvalue weighted by Crippen LogP contribution is -2.19.